The highest BCUT2D eigenvalue weighted by molar-refractivity contribution is 6.03. The number of carbonyl (C=O) groups excluding carboxylic acids is 1. The fourth-order valence-electron chi connectivity index (χ4n) is 1.82. The molecule has 4 heteroatoms. The van der Waals surface area contributed by atoms with E-state index in [9.17, 15) is 4.79 Å². The van der Waals surface area contributed by atoms with Crippen molar-refractivity contribution in [3.8, 4) is 0 Å². The second-order valence-electron chi connectivity index (χ2n) is 4.37. The normalized spacial score (nSPS) is 10.4. The van der Waals surface area contributed by atoms with Crippen LogP contribution in [0.3, 0.4) is 0 Å². The summed E-state index contributed by atoms with van der Waals surface area (Å²) in [6.45, 7) is 5.62. The van der Waals surface area contributed by atoms with Crippen LogP contribution in [-0.4, -0.2) is 12.5 Å². The first-order valence-electron chi connectivity index (χ1n) is 6.36. The van der Waals surface area contributed by atoms with Gasteiger partial charge in [0.15, 0.2) is 5.76 Å². The molecule has 1 heterocycles. The van der Waals surface area contributed by atoms with Crippen molar-refractivity contribution in [2.45, 2.75) is 20.4 Å². The average Bonchev–Trinajstić information content (AvgIpc) is 2.83. The molecule has 2 rings (SSSR count). The minimum absolute atomic E-state index is 0.219. The van der Waals surface area contributed by atoms with Crippen LogP contribution in [0.2, 0.25) is 0 Å². The maximum Gasteiger partial charge on any atom is 0.291 e. The monoisotopic (exact) mass is 258 g/mol. The van der Waals surface area contributed by atoms with E-state index in [2.05, 4.69) is 17.6 Å². The maximum atomic E-state index is 12.0. The van der Waals surface area contributed by atoms with E-state index in [1.165, 1.54) is 6.26 Å². The first-order valence-corrected chi connectivity index (χ1v) is 6.36. The Labute approximate surface area is 112 Å². The molecule has 0 aliphatic rings. The van der Waals surface area contributed by atoms with Crippen molar-refractivity contribution in [2.75, 3.05) is 11.9 Å². The van der Waals surface area contributed by atoms with Crippen molar-refractivity contribution in [1.29, 1.82) is 0 Å². The summed E-state index contributed by atoms with van der Waals surface area (Å²) < 4.78 is 5.17. The number of rotatable bonds is 5. The molecule has 0 spiro atoms. The molecule has 0 fully saturated rings. The van der Waals surface area contributed by atoms with E-state index >= 15 is 0 Å². The zero-order valence-corrected chi connectivity index (χ0v) is 11.2. The van der Waals surface area contributed by atoms with Gasteiger partial charge >= 0.3 is 0 Å². The van der Waals surface area contributed by atoms with Crippen LogP contribution in [0.25, 0.3) is 0 Å². The summed E-state index contributed by atoms with van der Waals surface area (Å²) >= 11 is 0. The Morgan fingerprint density at radius 3 is 2.84 bits per heavy atom. The third-order valence-electron chi connectivity index (χ3n) is 2.83. The third kappa shape index (κ3) is 3.45. The van der Waals surface area contributed by atoms with Crippen molar-refractivity contribution in [1.82, 2.24) is 5.32 Å². The van der Waals surface area contributed by atoms with E-state index in [1.807, 2.05) is 31.2 Å². The smallest absolute Gasteiger partial charge is 0.291 e. The van der Waals surface area contributed by atoms with Gasteiger partial charge in [-0.05, 0) is 37.2 Å². The number of amides is 1. The van der Waals surface area contributed by atoms with Gasteiger partial charge in [0.05, 0.1) is 6.26 Å². The molecule has 0 bridgehead atoms. The highest BCUT2D eigenvalue weighted by Crippen LogP contribution is 2.14. The molecule has 0 saturated heterocycles. The molecule has 1 aromatic heterocycles. The zero-order chi connectivity index (χ0) is 13.7. The summed E-state index contributed by atoms with van der Waals surface area (Å²) in [7, 11) is 0. The van der Waals surface area contributed by atoms with Crippen LogP contribution >= 0.6 is 0 Å². The molecular formula is C15H18N2O2. The summed E-state index contributed by atoms with van der Waals surface area (Å²) in [5.74, 6) is 0.139. The van der Waals surface area contributed by atoms with E-state index in [-0.39, 0.29) is 5.91 Å². The summed E-state index contributed by atoms with van der Waals surface area (Å²) in [6.07, 6.45) is 1.52. The number of anilines is 1. The standard InChI is InChI=1S/C15H18N2O2/c1-3-16-10-12-5-4-6-13(9-12)17-15(18)14-11(2)7-8-19-14/h4-9,16H,3,10H2,1-2H3,(H,17,18). The van der Waals surface area contributed by atoms with Gasteiger partial charge in [-0.1, -0.05) is 19.1 Å². The molecule has 1 amide bonds. The lowest BCUT2D eigenvalue weighted by atomic mass is 10.2. The van der Waals surface area contributed by atoms with Crippen molar-refractivity contribution < 1.29 is 9.21 Å². The molecule has 1 aromatic carbocycles. The second-order valence-corrected chi connectivity index (χ2v) is 4.37. The first-order chi connectivity index (χ1) is 9.20. The molecule has 2 N–H and O–H groups in total. The summed E-state index contributed by atoms with van der Waals surface area (Å²) in [4.78, 5) is 12.0. The van der Waals surface area contributed by atoms with Crippen LogP contribution in [0, 0.1) is 6.92 Å². The molecule has 0 radical (unpaired) electrons. The number of aryl methyl sites for hydroxylation is 1. The molecule has 0 saturated carbocycles. The van der Waals surface area contributed by atoms with Crippen molar-refractivity contribution in [2.24, 2.45) is 0 Å². The molecule has 0 atom stereocenters. The Morgan fingerprint density at radius 1 is 1.32 bits per heavy atom. The third-order valence-corrected chi connectivity index (χ3v) is 2.83. The number of nitrogens with one attached hydrogen (secondary N) is 2. The first kappa shape index (κ1) is 13.4. The van der Waals surface area contributed by atoms with Crippen molar-refractivity contribution in [3.05, 3.63) is 53.5 Å². The van der Waals surface area contributed by atoms with Gasteiger partial charge in [0.25, 0.3) is 5.91 Å². The molecule has 0 unspecified atom stereocenters. The van der Waals surface area contributed by atoms with Gasteiger partial charge in [-0.25, -0.2) is 0 Å². The topological polar surface area (TPSA) is 54.3 Å². The Kier molecular flexibility index (Phi) is 4.36. The highest BCUT2D eigenvalue weighted by atomic mass is 16.3. The van der Waals surface area contributed by atoms with Gasteiger partial charge in [-0.2, -0.15) is 0 Å². The van der Waals surface area contributed by atoms with Crippen LogP contribution in [0.5, 0.6) is 0 Å². The second kappa shape index (κ2) is 6.20. The van der Waals surface area contributed by atoms with E-state index < -0.39 is 0 Å². The van der Waals surface area contributed by atoms with E-state index in [4.69, 9.17) is 4.42 Å². The highest BCUT2D eigenvalue weighted by Gasteiger charge is 2.12. The molecule has 0 aliphatic heterocycles. The lowest BCUT2D eigenvalue weighted by Gasteiger charge is -2.07. The summed E-state index contributed by atoms with van der Waals surface area (Å²) in [6, 6.07) is 9.55. The quantitative estimate of drug-likeness (QED) is 0.867. The lowest BCUT2D eigenvalue weighted by Crippen LogP contribution is -2.14. The van der Waals surface area contributed by atoms with Crippen LogP contribution < -0.4 is 10.6 Å². The Morgan fingerprint density at radius 2 is 2.16 bits per heavy atom. The van der Waals surface area contributed by atoms with Crippen molar-refractivity contribution in [3.63, 3.8) is 0 Å². The van der Waals surface area contributed by atoms with Crippen LogP contribution in [0.1, 0.15) is 28.6 Å². The van der Waals surface area contributed by atoms with E-state index in [0.717, 1.165) is 29.9 Å². The van der Waals surface area contributed by atoms with Crippen LogP contribution in [-0.2, 0) is 6.54 Å². The number of hydrogen-bond donors (Lipinski definition) is 2. The number of benzene rings is 1. The molecular weight excluding hydrogens is 240 g/mol. The van der Waals surface area contributed by atoms with Crippen LogP contribution in [0.4, 0.5) is 5.69 Å². The largest absolute Gasteiger partial charge is 0.459 e. The van der Waals surface area contributed by atoms with Crippen LogP contribution in [0.15, 0.2) is 41.0 Å². The van der Waals surface area contributed by atoms with E-state index in [1.54, 1.807) is 6.07 Å². The predicted molar refractivity (Wildman–Crippen MR) is 75.2 cm³/mol. The van der Waals surface area contributed by atoms with Gasteiger partial charge in [0.1, 0.15) is 0 Å². The predicted octanol–water partition coefficient (Wildman–Crippen LogP) is 2.95. The Bertz CT molecular complexity index is 561. The Balaban J connectivity index is 2.07. The van der Waals surface area contributed by atoms with Gasteiger partial charge < -0.3 is 15.1 Å². The summed E-state index contributed by atoms with van der Waals surface area (Å²) in [5.41, 5.74) is 2.74. The van der Waals surface area contributed by atoms with Gasteiger partial charge in [0.2, 0.25) is 0 Å². The number of hydrogen-bond acceptors (Lipinski definition) is 3. The van der Waals surface area contributed by atoms with Gasteiger partial charge in [0, 0.05) is 17.8 Å². The molecule has 0 aliphatic carbocycles. The summed E-state index contributed by atoms with van der Waals surface area (Å²) in [5, 5.41) is 6.09. The zero-order valence-electron chi connectivity index (χ0n) is 11.2. The van der Waals surface area contributed by atoms with E-state index in [0.29, 0.717) is 5.76 Å². The minimum atomic E-state index is -0.219. The van der Waals surface area contributed by atoms with Gasteiger partial charge in [-0.15, -0.1) is 0 Å². The average molecular weight is 258 g/mol. The minimum Gasteiger partial charge on any atom is -0.459 e. The van der Waals surface area contributed by atoms with Crippen molar-refractivity contribution >= 4 is 11.6 Å². The number of furan rings is 1. The lowest BCUT2D eigenvalue weighted by molar-refractivity contribution is 0.0996. The SMILES string of the molecule is CCNCc1cccc(NC(=O)c2occc2C)c1. The fraction of sp³-hybridized carbons (Fsp3) is 0.267. The maximum absolute atomic E-state index is 12.0. The molecule has 2 aromatic rings. The fourth-order valence-corrected chi connectivity index (χ4v) is 1.82. The molecule has 4 nitrogen and oxygen atoms in total. The number of carbonyl (C=O) groups is 1. The molecule has 100 valence electrons. The van der Waals surface area contributed by atoms with Gasteiger partial charge in [-0.3, -0.25) is 4.79 Å². The molecule has 19 heavy (non-hydrogen) atoms. The Hall–Kier alpha value is -2.07.